The molecule has 0 saturated carbocycles. The van der Waals surface area contributed by atoms with E-state index < -0.39 is 0 Å². The summed E-state index contributed by atoms with van der Waals surface area (Å²) in [5.41, 5.74) is 2.09. The molecule has 0 fully saturated rings. The third-order valence-corrected chi connectivity index (χ3v) is 3.08. The summed E-state index contributed by atoms with van der Waals surface area (Å²) < 4.78 is 0. The molecule has 0 amide bonds. The van der Waals surface area contributed by atoms with E-state index >= 15 is 0 Å². The zero-order chi connectivity index (χ0) is 10.5. The Morgan fingerprint density at radius 1 is 0.625 bits per heavy atom. The zero-order valence-electron chi connectivity index (χ0n) is 8.51. The Kier molecular flexibility index (Phi) is 1.33. The summed E-state index contributed by atoms with van der Waals surface area (Å²) in [6.07, 6.45) is 3.84. The van der Waals surface area contributed by atoms with Crippen molar-refractivity contribution < 1.29 is 0 Å². The first-order valence-corrected chi connectivity index (χ1v) is 5.28. The second-order valence-electron chi connectivity index (χ2n) is 4.00. The van der Waals surface area contributed by atoms with Gasteiger partial charge in [-0.15, -0.1) is 0 Å². The van der Waals surface area contributed by atoms with Crippen molar-refractivity contribution in [1.29, 1.82) is 0 Å². The van der Waals surface area contributed by atoms with Gasteiger partial charge in [0.2, 0.25) is 0 Å². The Morgan fingerprint density at radius 3 is 1.62 bits per heavy atom. The summed E-state index contributed by atoms with van der Waals surface area (Å²) in [7, 11) is 0. The van der Waals surface area contributed by atoms with Gasteiger partial charge < -0.3 is 0 Å². The van der Waals surface area contributed by atoms with Gasteiger partial charge in [0.1, 0.15) is 0 Å². The van der Waals surface area contributed by atoms with Gasteiger partial charge in [-0.25, -0.2) is 0 Å². The van der Waals surface area contributed by atoms with Crippen molar-refractivity contribution >= 4 is 32.6 Å². The fourth-order valence-corrected chi connectivity index (χ4v) is 2.37. The molecule has 2 nitrogen and oxygen atoms in total. The molecule has 4 aromatic rings. The second-order valence-corrected chi connectivity index (χ2v) is 4.00. The third-order valence-electron chi connectivity index (χ3n) is 3.08. The fourth-order valence-electron chi connectivity index (χ4n) is 2.37. The maximum atomic E-state index is 4.48. The minimum Gasteiger partial charge on any atom is -0.256 e. The molecule has 0 N–H and O–H groups in total. The van der Waals surface area contributed by atoms with E-state index in [9.17, 15) is 0 Å². The van der Waals surface area contributed by atoms with E-state index in [4.69, 9.17) is 0 Å². The van der Waals surface area contributed by atoms with Gasteiger partial charge >= 0.3 is 0 Å². The van der Waals surface area contributed by atoms with E-state index in [1.807, 2.05) is 36.7 Å². The predicted molar refractivity (Wildman–Crippen MR) is 65.7 cm³/mol. The van der Waals surface area contributed by atoms with Crippen molar-refractivity contribution in [2.24, 2.45) is 0 Å². The molecular formula is C14H8N2. The summed E-state index contributed by atoms with van der Waals surface area (Å²) in [5.74, 6) is 0. The Hall–Kier alpha value is -2.22. The molecule has 0 bridgehead atoms. The first-order valence-electron chi connectivity index (χ1n) is 5.28. The van der Waals surface area contributed by atoms with Gasteiger partial charge in [0, 0.05) is 33.9 Å². The molecule has 4 rings (SSSR count). The molecule has 74 valence electrons. The molecule has 0 aliphatic carbocycles. The molecule has 0 atom stereocenters. The summed E-state index contributed by atoms with van der Waals surface area (Å²) in [5, 5.41) is 4.78. The maximum Gasteiger partial charge on any atom is 0.0715 e. The van der Waals surface area contributed by atoms with Crippen LogP contribution in [0.5, 0.6) is 0 Å². The molecule has 2 aromatic carbocycles. The Balaban J connectivity index is 2.51. The monoisotopic (exact) mass is 204 g/mol. The van der Waals surface area contributed by atoms with E-state index in [0.29, 0.717) is 0 Å². The minimum atomic E-state index is 1.04. The number of benzene rings is 2. The molecule has 0 radical (unpaired) electrons. The molecule has 0 saturated heterocycles. The summed E-state index contributed by atoms with van der Waals surface area (Å²) in [4.78, 5) is 8.97. The maximum absolute atomic E-state index is 4.48. The lowest BCUT2D eigenvalue weighted by Gasteiger charge is -2.07. The molecule has 16 heavy (non-hydrogen) atoms. The van der Waals surface area contributed by atoms with Crippen molar-refractivity contribution in [1.82, 2.24) is 9.97 Å². The standard InChI is InChI=1S/C14H8N2/c1-3-9-7-16-12-6-2-4-10-8-15-11(5-1)13(9)14(10)12/h1-8H. The molecule has 2 aromatic heterocycles. The van der Waals surface area contributed by atoms with Gasteiger partial charge in [-0.05, 0) is 12.1 Å². The van der Waals surface area contributed by atoms with Crippen LogP contribution in [0.25, 0.3) is 32.6 Å². The van der Waals surface area contributed by atoms with Gasteiger partial charge in [0.05, 0.1) is 11.0 Å². The number of hydrogen-bond acceptors (Lipinski definition) is 2. The van der Waals surface area contributed by atoms with Crippen LogP contribution in [0.3, 0.4) is 0 Å². The van der Waals surface area contributed by atoms with E-state index in [2.05, 4.69) is 22.1 Å². The fraction of sp³-hybridized carbons (Fsp3) is 0. The van der Waals surface area contributed by atoms with Gasteiger partial charge in [0.25, 0.3) is 0 Å². The molecule has 0 unspecified atom stereocenters. The van der Waals surface area contributed by atoms with Crippen LogP contribution in [-0.4, -0.2) is 9.97 Å². The molecule has 2 heterocycles. The molecule has 0 aliphatic heterocycles. The van der Waals surface area contributed by atoms with Crippen LogP contribution < -0.4 is 0 Å². The highest BCUT2D eigenvalue weighted by Crippen LogP contribution is 2.31. The lowest BCUT2D eigenvalue weighted by atomic mass is 10.0. The van der Waals surface area contributed by atoms with Crippen molar-refractivity contribution in [2.75, 3.05) is 0 Å². The molecule has 0 aliphatic rings. The number of pyridine rings is 2. The largest absolute Gasteiger partial charge is 0.256 e. The lowest BCUT2D eigenvalue weighted by molar-refractivity contribution is 1.41. The second kappa shape index (κ2) is 2.67. The van der Waals surface area contributed by atoms with Crippen LogP contribution >= 0.6 is 0 Å². The van der Waals surface area contributed by atoms with E-state index in [1.54, 1.807) is 0 Å². The predicted octanol–water partition coefficient (Wildman–Crippen LogP) is 3.37. The average molecular weight is 204 g/mol. The molecular weight excluding hydrogens is 196 g/mol. The molecule has 0 spiro atoms. The highest BCUT2D eigenvalue weighted by molar-refractivity contribution is 6.20. The van der Waals surface area contributed by atoms with Gasteiger partial charge in [-0.2, -0.15) is 0 Å². The summed E-state index contributed by atoms with van der Waals surface area (Å²) in [6, 6.07) is 12.3. The zero-order valence-corrected chi connectivity index (χ0v) is 8.51. The number of hydrogen-bond donors (Lipinski definition) is 0. The van der Waals surface area contributed by atoms with Crippen LogP contribution in [0.2, 0.25) is 0 Å². The SMILES string of the molecule is c1cc2cnc3cccc4cnc(c1)c2c43. The quantitative estimate of drug-likeness (QED) is 0.410. The van der Waals surface area contributed by atoms with Crippen molar-refractivity contribution in [2.45, 2.75) is 0 Å². The Morgan fingerprint density at radius 2 is 1.12 bits per heavy atom. The topological polar surface area (TPSA) is 25.8 Å². The number of aromatic nitrogens is 2. The smallest absolute Gasteiger partial charge is 0.0715 e. The van der Waals surface area contributed by atoms with Gasteiger partial charge in [-0.1, -0.05) is 24.3 Å². The number of nitrogens with zero attached hydrogens (tertiary/aromatic N) is 2. The van der Waals surface area contributed by atoms with Crippen LogP contribution in [0.1, 0.15) is 0 Å². The third kappa shape index (κ3) is 0.865. The highest BCUT2D eigenvalue weighted by atomic mass is 14.7. The lowest BCUT2D eigenvalue weighted by Crippen LogP contribution is -1.87. The summed E-state index contributed by atoms with van der Waals surface area (Å²) >= 11 is 0. The van der Waals surface area contributed by atoms with Crippen LogP contribution in [0.4, 0.5) is 0 Å². The minimum absolute atomic E-state index is 1.04. The van der Waals surface area contributed by atoms with Crippen LogP contribution in [0.15, 0.2) is 48.8 Å². The first kappa shape index (κ1) is 7.99. The average Bonchev–Trinajstić information content (AvgIpc) is 2.36. The first-order chi connectivity index (χ1) is 7.93. The Labute approximate surface area is 91.9 Å². The van der Waals surface area contributed by atoms with E-state index in [-0.39, 0.29) is 0 Å². The number of rotatable bonds is 0. The molecule has 2 heteroatoms. The highest BCUT2D eigenvalue weighted by Gasteiger charge is 2.08. The van der Waals surface area contributed by atoms with Crippen molar-refractivity contribution in [3.8, 4) is 0 Å². The van der Waals surface area contributed by atoms with Crippen molar-refractivity contribution in [3.63, 3.8) is 0 Å². The van der Waals surface area contributed by atoms with Crippen LogP contribution in [-0.2, 0) is 0 Å². The normalized spacial score (nSPS) is 11.8. The van der Waals surface area contributed by atoms with E-state index in [1.165, 1.54) is 10.8 Å². The van der Waals surface area contributed by atoms with Crippen LogP contribution in [0, 0.1) is 0 Å². The Bertz CT molecular complexity index is 675. The summed E-state index contributed by atoms with van der Waals surface area (Å²) in [6.45, 7) is 0. The van der Waals surface area contributed by atoms with Crippen molar-refractivity contribution in [3.05, 3.63) is 48.8 Å². The van der Waals surface area contributed by atoms with E-state index in [0.717, 1.165) is 21.8 Å². The van der Waals surface area contributed by atoms with Gasteiger partial charge in [-0.3, -0.25) is 9.97 Å². The van der Waals surface area contributed by atoms with Gasteiger partial charge in [0.15, 0.2) is 0 Å².